The molecule has 0 radical (unpaired) electrons. The zero-order chi connectivity index (χ0) is 28.4. The highest BCUT2D eigenvalue weighted by atomic mass is 79.9. The molecule has 0 unspecified atom stereocenters. The minimum absolute atomic E-state index is 0.216. The Morgan fingerprint density at radius 1 is 0.925 bits per heavy atom. The molecule has 1 aliphatic heterocycles. The van der Waals surface area contributed by atoms with Gasteiger partial charge in [0.15, 0.2) is 5.17 Å². The highest BCUT2D eigenvalue weighted by Crippen LogP contribution is 2.41. The van der Waals surface area contributed by atoms with Gasteiger partial charge in [0, 0.05) is 20.1 Å². The molecule has 202 valence electrons. The Balaban J connectivity index is 1.57. The molecule has 4 nitrogen and oxygen atoms in total. The first-order valence-corrected chi connectivity index (χ1v) is 15.4. The lowest BCUT2D eigenvalue weighted by Crippen LogP contribution is -2.28. The summed E-state index contributed by atoms with van der Waals surface area (Å²) < 4.78 is 7.85. The molecule has 4 aromatic rings. The molecule has 0 bridgehead atoms. The third-order valence-corrected chi connectivity index (χ3v) is 8.98. The highest BCUT2D eigenvalue weighted by Gasteiger charge is 2.35. The van der Waals surface area contributed by atoms with Crippen LogP contribution in [0.4, 0.5) is 11.4 Å². The highest BCUT2D eigenvalue weighted by molar-refractivity contribution is 9.11. The lowest BCUT2D eigenvalue weighted by atomic mass is 10.1. The normalized spacial score (nSPS) is 15.3. The molecule has 1 saturated heterocycles. The number of aliphatic imine (C=N–C) groups is 1. The second-order valence-electron chi connectivity index (χ2n) is 9.09. The van der Waals surface area contributed by atoms with Crippen molar-refractivity contribution in [2.24, 2.45) is 4.99 Å². The molecule has 4 aromatic carbocycles. The van der Waals surface area contributed by atoms with Crippen molar-refractivity contribution in [3.8, 4) is 5.75 Å². The van der Waals surface area contributed by atoms with Crippen LogP contribution in [-0.2, 0) is 11.4 Å². The summed E-state index contributed by atoms with van der Waals surface area (Å²) in [6.07, 6.45) is 1.83. The van der Waals surface area contributed by atoms with Gasteiger partial charge in [0.1, 0.15) is 12.4 Å². The van der Waals surface area contributed by atoms with Crippen LogP contribution in [0.15, 0.2) is 97.7 Å². The largest absolute Gasteiger partial charge is 0.487 e. The number of hydrogen-bond acceptors (Lipinski definition) is 4. The van der Waals surface area contributed by atoms with Crippen LogP contribution < -0.4 is 9.64 Å². The average Bonchev–Trinajstić information content (AvgIpc) is 3.22. The van der Waals surface area contributed by atoms with Crippen molar-refractivity contribution in [1.82, 2.24) is 0 Å². The third-order valence-electron chi connectivity index (χ3n) is 6.15. The molecule has 1 heterocycles. The first-order chi connectivity index (χ1) is 19.2. The van der Waals surface area contributed by atoms with Crippen molar-refractivity contribution in [2.75, 3.05) is 4.90 Å². The van der Waals surface area contributed by atoms with Gasteiger partial charge in [0.2, 0.25) is 0 Å². The summed E-state index contributed by atoms with van der Waals surface area (Å²) in [5.41, 5.74) is 4.93. The fraction of sp³-hybridized carbons (Fsp3) is 0.0968. The number of carbonyl (C=O) groups is 1. The Labute approximate surface area is 264 Å². The second kappa shape index (κ2) is 12.5. The van der Waals surface area contributed by atoms with Crippen molar-refractivity contribution in [3.63, 3.8) is 0 Å². The smallest absolute Gasteiger partial charge is 0.271 e. The molecular weight excluding hydrogens is 695 g/mol. The molecule has 40 heavy (non-hydrogen) atoms. The minimum atomic E-state index is -0.216. The number of aryl methyl sites for hydroxylation is 2. The van der Waals surface area contributed by atoms with Gasteiger partial charge in [-0.05, 0) is 101 Å². The number of ether oxygens (including phenoxy) is 1. The molecule has 0 aliphatic carbocycles. The van der Waals surface area contributed by atoms with Crippen LogP contribution in [0.2, 0.25) is 10.0 Å². The zero-order valence-electron chi connectivity index (χ0n) is 21.4. The summed E-state index contributed by atoms with van der Waals surface area (Å²) in [5, 5.41) is 1.67. The SMILES string of the molecule is Cc1ccc(N=C2S/C(=C/c3cc(Br)cc(Br)c3OCc3ccccc3)C(=O)N2c2ccc(C)c(Cl)c2)cc1Cl. The Morgan fingerprint density at radius 3 is 2.33 bits per heavy atom. The lowest BCUT2D eigenvalue weighted by Gasteiger charge is -2.17. The number of halogens is 4. The van der Waals surface area contributed by atoms with Crippen molar-refractivity contribution >= 4 is 95.3 Å². The van der Waals surface area contributed by atoms with Gasteiger partial charge < -0.3 is 4.74 Å². The molecule has 0 saturated carbocycles. The van der Waals surface area contributed by atoms with E-state index in [9.17, 15) is 4.79 Å². The van der Waals surface area contributed by atoms with Crippen LogP contribution in [0.1, 0.15) is 22.3 Å². The summed E-state index contributed by atoms with van der Waals surface area (Å²) in [6.45, 7) is 4.23. The van der Waals surface area contributed by atoms with Crippen LogP contribution >= 0.6 is 66.8 Å². The number of benzene rings is 4. The van der Waals surface area contributed by atoms with Crippen molar-refractivity contribution < 1.29 is 9.53 Å². The Kier molecular flexibility index (Phi) is 9.08. The molecule has 1 fully saturated rings. The standard InChI is InChI=1S/C31H22Br2Cl2N2O2S/c1-18-8-10-23(15-26(18)34)36-31-37(24-11-9-19(2)27(35)16-24)30(38)28(40-31)13-21-12-22(32)14-25(33)29(21)39-17-20-6-4-3-5-7-20/h3-16H,17H2,1-2H3/b28-13+,36-31?. The predicted octanol–water partition coefficient (Wildman–Crippen LogP) is 10.5. The topological polar surface area (TPSA) is 41.9 Å². The maximum atomic E-state index is 13.9. The Hall–Kier alpha value is -2.55. The van der Waals surface area contributed by atoms with Crippen molar-refractivity contribution in [2.45, 2.75) is 20.5 Å². The maximum absolute atomic E-state index is 13.9. The van der Waals surface area contributed by atoms with E-state index in [1.807, 2.05) is 86.7 Å². The lowest BCUT2D eigenvalue weighted by molar-refractivity contribution is -0.113. The molecular formula is C31H22Br2Cl2N2O2S. The molecule has 0 aromatic heterocycles. The van der Waals surface area contributed by atoms with E-state index in [-0.39, 0.29) is 5.91 Å². The fourth-order valence-electron chi connectivity index (χ4n) is 3.97. The van der Waals surface area contributed by atoms with Gasteiger partial charge in [-0.3, -0.25) is 9.69 Å². The zero-order valence-corrected chi connectivity index (χ0v) is 26.9. The Bertz CT molecular complexity index is 1680. The van der Waals surface area contributed by atoms with Gasteiger partial charge in [-0.1, -0.05) is 81.6 Å². The average molecular weight is 717 g/mol. The van der Waals surface area contributed by atoms with Gasteiger partial charge >= 0.3 is 0 Å². The van der Waals surface area contributed by atoms with E-state index in [2.05, 4.69) is 31.9 Å². The van der Waals surface area contributed by atoms with Crippen molar-refractivity contribution in [3.05, 3.63) is 125 Å². The first-order valence-electron chi connectivity index (χ1n) is 12.2. The van der Waals surface area contributed by atoms with Gasteiger partial charge in [-0.15, -0.1) is 0 Å². The molecule has 0 N–H and O–H groups in total. The number of anilines is 1. The number of rotatable bonds is 6. The van der Waals surface area contributed by atoms with Crippen LogP contribution in [0.5, 0.6) is 5.75 Å². The van der Waals surface area contributed by atoms with E-state index < -0.39 is 0 Å². The number of amides is 1. The van der Waals surface area contributed by atoms with E-state index in [4.69, 9.17) is 32.9 Å². The monoisotopic (exact) mass is 714 g/mol. The van der Waals surface area contributed by atoms with Gasteiger partial charge in [0.25, 0.3) is 5.91 Å². The number of thioether (sulfide) groups is 1. The summed E-state index contributed by atoms with van der Waals surface area (Å²) >= 11 is 21.3. The number of nitrogens with zero attached hydrogens (tertiary/aromatic N) is 2. The molecule has 0 atom stereocenters. The summed E-state index contributed by atoms with van der Waals surface area (Å²) in [5.74, 6) is 0.417. The van der Waals surface area contributed by atoms with Gasteiger partial charge in [-0.25, -0.2) is 4.99 Å². The first kappa shape index (κ1) is 29.0. The van der Waals surface area contributed by atoms with E-state index in [0.717, 1.165) is 31.2 Å². The minimum Gasteiger partial charge on any atom is -0.487 e. The number of hydrogen-bond donors (Lipinski definition) is 0. The van der Waals surface area contributed by atoms with Gasteiger partial charge in [0.05, 0.1) is 20.8 Å². The maximum Gasteiger partial charge on any atom is 0.271 e. The van der Waals surface area contributed by atoms with Gasteiger partial charge in [-0.2, -0.15) is 0 Å². The fourth-order valence-corrected chi connectivity index (χ4v) is 6.68. The molecule has 5 rings (SSSR count). The summed E-state index contributed by atoms with van der Waals surface area (Å²) in [4.78, 5) is 20.8. The van der Waals surface area contributed by atoms with Crippen LogP contribution in [0, 0.1) is 13.8 Å². The second-order valence-corrected chi connectivity index (χ2v) is 12.7. The van der Waals surface area contributed by atoms with E-state index in [1.165, 1.54) is 11.8 Å². The van der Waals surface area contributed by atoms with E-state index >= 15 is 0 Å². The Morgan fingerprint density at radius 2 is 1.62 bits per heavy atom. The molecule has 1 amide bonds. The van der Waals surface area contributed by atoms with Crippen LogP contribution in [-0.4, -0.2) is 11.1 Å². The van der Waals surface area contributed by atoms with E-state index in [0.29, 0.717) is 43.8 Å². The summed E-state index contributed by atoms with van der Waals surface area (Å²) in [7, 11) is 0. The van der Waals surface area contributed by atoms with Crippen molar-refractivity contribution in [1.29, 1.82) is 0 Å². The number of amidine groups is 1. The van der Waals surface area contributed by atoms with Crippen LogP contribution in [0.25, 0.3) is 6.08 Å². The quantitative estimate of drug-likeness (QED) is 0.187. The molecule has 0 spiro atoms. The predicted molar refractivity (Wildman–Crippen MR) is 175 cm³/mol. The molecule has 1 aliphatic rings. The molecule has 9 heteroatoms. The number of carbonyl (C=O) groups excluding carboxylic acids is 1. The van der Waals surface area contributed by atoms with Crippen LogP contribution in [0.3, 0.4) is 0 Å². The summed E-state index contributed by atoms with van der Waals surface area (Å²) in [6, 6.07) is 24.9. The third kappa shape index (κ3) is 6.50. The van der Waals surface area contributed by atoms with E-state index in [1.54, 1.807) is 17.0 Å².